The van der Waals surface area contributed by atoms with Gasteiger partial charge in [-0.2, -0.15) is 5.10 Å². The van der Waals surface area contributed by atoms with Crippen LogP contribution in [-0.4, -0.2) is 85.0 Å². The Kier molecular flexibility index (Phi) is 7.52. The molecule has 0 aliphatic carbocycles. The summed E-state index contributed by atoms with van der Waals surface area (Å²) in [5, 5.41) is 7.51. The molecule has 5 rings (SSSR count). The van der Waals surface area contributed by atoms with Gasteiger partial charge in [-0.15, -0.1) is 0 Å². The first-order valence-electron chi connectivity index (χ1n) is 13.9. The Balaban J connectivity index is 1.47. The maximum atomic E-state index is 12.6. The van der Waals surface area contributed by atoms with Crippen LogP contribution in [0.15, 0.2) is 30.5 Å². The molecule has 0 radical (unpaired) electrons. The first-order chi connectivity index (χ1) is 19.8. The monoisotopic (exact) mass is 574 g/mol. The van der Waals surface area contributed by atoms with Crippen molar-refractivity contribution in [3.05, 3.63) is 36.2 Å². The zero-order valence-corrected chi connectivity index (χ0v) is 25.2. The number of anilines is 2. The van der Waals surface area contributed by atoms with Gasteiger partial charge in [0.25, 0.3) is 5.91 Å². The Hall–Kier alpha value is -4.68. The number of para-hydroxylation sites is 1. The molecule has 0 spiro atoms. The number of piperidine rings is 1. The van der Waals surface area contributed by atoms with Crippen LogP contribution < -0.4 is 16.0 Å². The highest BCUT2D eigenvalue weighted by Gasteiger charge is 2.27. The molecule has 2 amide bonds. The van der Waals surface area contributed by atoms with Crippen LogP contribution in [0, 0.1) is 0 Å². The summed E-state index contributed by atoms with van der Waals surface area (Å²) in [6, 6.07) is 7.64. The molecular formula is C29H38N10O3. The van der Waals surface area contributed by atoms with E-state index in [0.29, 0.717) is 35.1 Å². The first kappa shape index (κ1) is 28.8. The van der Waals surface area contributed by atoms with E-state index in [9.17, 15) is 9.59 Å². The lowest BCUT2D eigenvalue weighted by atomic mass is 10.0. The summed E-state index contributed by atoms with van der Waals surface area (Å²) < 4.78 is 8.97. The Morgan fingerprint density at radius 1 is 1.14 bits per heavy atom. The predicted molar refractivity (Wildman–Crippen MR) is 161 cm³/mol. The van der Waals surface area contributed by atoms with Crippen LogP contribution in [0.4, 0.5) is 16.3 Å². The lowest BCUT2D eigenvalue weighted by molar-refractivity contribution is 0.0499. The van der Waals surface area contributed by atoms with E-state index in [1.54, 1.807) is 33.4 Å². The SMILES string of the molecule is CN(C)C(=O)c1cc(-c2cnc(N)c(-c3nc4cccc(N5CCC[C@@H](NC(=O)OC(C)(C)C)C5)c4n3C)n2)nn1C. The average molecular weight is 575 g/mol. The van der Waals surface area contributed by atoms with E-state index < -0.39 is 11.7 Å². The van der Waals surface area contributed by atoms with E-state index in [-0.39, 0.29) is 17.8 Å². The van der Waals surface area contributed by atoms with Crippen molar-refractivity contribution in [1.82, 2.24) is 39.5 Å². The lowest BCUT2D eigenvalue weighted by Crippen LogP contribution is -2.49. The molecular weight excluding hydrogens is 536 g/mol. The van der Waals surface area contributed by atoms with Gasteiger partial charge < -0.3 is 30.2 Å². The van der Waals surface area contributed by atoms with E-state index in [1.807, 2.05) is 44.5 Å². The molecule has 1 atom stereocenters. The van der Waals surface area contributed by atoms with Crippen LogP contribution in [0.3, 0.4) is 0 Å². The third-order valence-electron chi connectivity index (χ3n) is 7.14. The fourth-order valence-electron chi connectivity index (χ4n) is 5.21. The minimum absolute atomic E-state index is 0.0441. The third kappa shape index (κ3) is 5.71. The number of ether oxygens (including phenoxy) is 1. The number of aromatic nitrogens is 6. The number of nitrogens with one attached hydrogen (secondary N) is 1. The zero-order chi connectivity index (χ0) is 30.3. The molecule has 42 heavy (non-hydrogen) atoms. The standard InChI is InChI=1S/C29H38N10O3/c1-29(2,3)42-28(41)32-17-10-9-13-39(16-17)21-12-8-11-18-24(21)37(6)26(34-18)23-25(30)31-15-20(33-23)19-14-22(38(7)35-19)27(40)36(4)5/h8,11-12,14-15,17H,9-10,13,16H2,1-7H3,(H2,30,31)(H,32,41)/t17-/m1/s1. The van der Waals surface area contributed by atoms with Gasteiger partial charge in [0.15, 0.2) is 11.6 Å². The van der Waals surface area contributed by atoms with E-state index in [1.165, 1.54) is 9.58 Å². The molecule has 1 aromatic carbocycles. The van der Waals surface area contributed by atoms with E-state index >= 15 is 0 Å². The summed E-state index contributed by atoms with van der Waals surface area (Å²) in [6.07, 6.45) is 2.93. The van der Waals surface area contributed by atoms with Gasteiger partial charge in [0, 0.05) is 47.3 Å². The second-order valence-corrected chi connectivity index (χ2v) is 11.8. The van der Waals surface area contributed by atoms with Gasteiger partial charge in [0.1, 0.15) is 28.4 Å². The minimum atomic E-state index is -0.556. The van der Waals surface area contributed by atoms with Gasteiger partial charge in [-0.25, -0.2) is 19.7 Å². The van der Waals surface area contributed by atoms with Gasteiger partial charge >= 0.3 is 6.09 Å². The molecule has 1 fully saturated rings. The van der Waals surface area contributed by atoms with Crippen LogP contribution in [0.1, 0.15) is 44.1 Å². The molecule has 4 heterocycles. The highest BCUT2D eigenvalue weighted by molar-refractivity contribution is 5.94. The van der Waals surface area contributed by atoms with Crippen molar-refractivity contribution >= 4 is 34.5 Å². The summed E-state index contributed by atoms with van der Waals surface area (Å²) in [6.45, 7) is 7.05. The molecule has 1 saturated heterocycles. The number of amides is 2. The van der Waals surface area contributed by atoms with Crippen LogP contribution in [0.25, 0.3) is 33.9 Å². The Morgan fingerprint density at radius 2 is 1.90 bits per heavy atom. The largest absolute Gasteiger partial charge is 0.444 e. The number of carbonyl (C=O) groups is 2. The van der Waals surface area contributed by atoms with E-state index in [2.05, 4.69) is 26.4 Å². The number of carbonyl (C=O) groups excluding carboxylic acids is 2. The number of benzene rings is 1. The van der Waals surface area contributed by atoms with Crippen molar-refractivity contribution in [3.8, 4) is 22.9 Å². The van der Waals surface area contributed by atoms with Gasteiger partial charge in [0.2, 0.25) is 0 Å². The van der Waals surface area contributed by atoms with Gasteiger partial charge in [-0.3, -0.25) is 9.48 Å². The van der Waals surface area contributed by atoms with Gasteiger partial charge in [-0.05, 0) is 51.8 Å². The van der Waals surface area contributed by atoms with Gasteiger partial charge in [0.05, 0.1) is 22.9 Å². The number of imidazole rings is 1. The van der Waals surface area contributed by atoms with Crippen molar-refractivity contribution in [2.24, 2.45) is 14.1 Å². The molecule has 4 aromatic rings. The average Bonchev–Trinajstić information content (AvgIpc) is 3.47. The zero-order valence-electron chi connectivity index (χ0n) is 25.2. The minimum Gasteiger partial charge on any atom is -0.444 e. The highest BCUT2D eigenvalue weighted by Crippen LogP contribution is 2.34. The number of nitrogens with two attached hydrogens (primary N) is 1. The fraction of sp³-hybridized carbons (Fsp3) is 0.448. The third-order valence-corrected chi connectivity index (χ3v) is 7.14. The topological polar surface area (TPSA) is 149 Å². The molecule has 13 nitrogen and oxygen atoms in total. The molecule has 1 aliphatic heterocycles. The number of nitrogens with zero attached hydrogens (tertiary/aromatic N) is 8. The van der Waals surface area contributed by atoms with Crippen molar-refractivity contribution in [3.63, 3.8) is 0 Å². The van der Waals surface area contributed by atoms with Crippen molar-refractivity contribution in [2.45, 2.75) is 45.3 Å². The number of rotatable bonds is 5. The summed E-state index contributed by atoms with van der Waals surface area (Å²) in [5.41, 5.74) is 10.3. The predicted octanol–water partition coefficient (Wildman–Crippen LogP) is 3.21. The summed E-state index contributed by atoms with van der Waals surface area (Å²) in [4.78, 5) is 42.8. The number of alkyl carbamates (subject to hydrolysis) is 1. The van der Waals surface area contributed by atoms with Crippen LogP contribution in [0.5, 0.6) is 0 Å². The van der Waals surface area contributed by atoms with Crippen LogP contribution >= 0.6 is 0 Å². The second-order valence-electron chi connectivity index (χ2n) is 11.8. The number of hydrogen-bond acceptors (Lipinski definition) is 9. The Labute approximate surface area is 244 Å². The first-order valence-corrected chi connectivity index (χ1v) is 13.9. The molecule has 0 unspecified atom stereocenters. The summed E-state index contributed by atoms with van der Waals surface area (Å²) >= 11 is 0. The fourth-order valence-corrected chi connectivity index (χ4v) is 5.21. The second kappa shape index (κ2) is 11.0. The molecule has 222 valence electrons. The number of aryl methyl sites for hydroxylation is 2. The normalized spacial score (nSPS) is 15.6. The van der Waals surface area contributed by atoms with Gasteiger partial charge in [-0.1, -0.05) is 6.07 Å². The quantitative estimate of drug-likeness (QED) is 0.366. The maximum absolute atomic E-state index is 12.6. The molecule has 3 N–H and O–H groups in total. The Morgan fingerprint density at radius 3 is 2.62 bits per heavy atom. The molecule has 0 bridgehead atoms. The van der Waals surface area contributed by atoms with Crippen LogP contribution in [0.2, 0.25) is 0 Å². The smallest absolute Gasteiger partial charge is 0.407 e. The van der Waals surface area contributed by atoms with E-state index in [0.717, 1.165) is 36.1 Å². The number of hydrogen-bond donors (Lipinski definition) is 2. The van der Waals surface area contributed by atoms with Crippen molar-refractivity contribution < 1.29 is 14.3 Å². The van der Waals surface area contributed by atoms with Crippen molar-refractivity contribution in [1.29, 1.82) is 0 Å². The Bertz CT molecular complexity index is 1650. The summed E-state index contributed by atoms with van der Waals surface area (Å²) in [7, 11) is 7.03. The molecule has 1 aliphatic rings. The lowest BCUT2D eigenvalue weighted by Gasteiger charge is -2.35. The van der Waals surface area contributed by atoms with Crippen molar-refractivity contribution in [2.75, 3.05) is 37.8 Å². The maximum Gasteiger partial charge on any atom is 0.407 e. The number of nitrogen functional groups attached to an aromatic ring is 1. The highest BCUT2D eigenvalue weighted by atomic mass is 16.6. The molecule has 13 heteroatoms. The van der Waals surface area contributed by atoms with E-state index in [4.69, 9.17) is 20.4 Å². The summed E-state index contributed by atoms with van der Waals surface area (Å²) in [5.74, 6) is 0.632. The number of fused-ring (bicyclic) bond motifs is 1. The van der Waals surface area contributed by atoms with Crippen LogP contribution in [-0.2, 0) is 18.8 Å². The molecule has 3 aromatic heterocycles. The molecule has 0 saturated carbocycles.